The van der Waals surface area contributed by atoms with E-state index >= 15 is 0 Å². The Kier molecular flexibility index (Phi) is 14.8. The standard InChI is InChI=1S/C47H56O5/c1-32(20-16-22-34(3)26-28-39-36(5)43(49)41(48)30-46(39,7)8)18-14-15-19-33(2)21-17-23-35(4)27-29-40-37(6)44(50)42(31-47(40,9)10)52-45(51)38-24-12-11-13-25-38/h11-29,36,39,42H,30-31H2,1-10H3/b15-14+,20-16+,21-17+,28-26?,29-27?,32-18+,33-19+,34-22?,35-23+. The van der Waals surface area contributed by atoms with Crippen molar-refractivity contribution in [3.8, 4) is 0 Å². The molecule has 1 fully saturated rings. The molecule has 0 aliphatic heterocycles. The number of carbonyl (C=O) groups excluding carboxylic acids is 4. The molecule has 2 aliphatic rings. The van der Waals surface area contributed by atoms with Crippen molar-refractivity contribution < 1.29 is 23.9 Å². The van der Waals surface area contributed by atoms with E-state index in [1.807, 2.05) is 108 Å². The summed E-state index contributed by atoms with van der Waals surface area (Å²) in [5.41, 5.74) is 5.78. The van der Waals surface area contributed by atoms with Crippen LogP contribution in [-0.2, 0) is 19.1 Å². The van der Waals surface area contributed by atoms with E-state index < -0.39 is 12.1 Å². The maximum atomic E-state index is 13.2. The Morgan fingerprint density at radius 1 is 0.731 bits per heavy atom. The molecule has 0 aromatic heterocycles. The third-order valence-electron chi connectivity index (χ3n) is 9.84. The van der Waals surface area contributed by atoms with Crippen molar-refractivity contribution in [3.05, 3.63) is 154 Å². The summed E-state index contributed by atoms with van der Waals surface area (Å²) in [6.45, 7) is 20.1. The van der Waals surface area contributed by atoms with Crippen LogP contribution in [0.15, 0.2) is 149 Å². The van der Waals surface area contributed by atoms with Crippen LogP contribution in [0.4, 0.5) is 0 Å². The third-order valence-corrected chi connectivity index (χ3v) is 9.84. The van der Waals surface area contributed by atoms with Crippen LogP contribution >= 0.6 is 0 Å². The smallest absolute Gasteiger partial charge is 0.338 e. The molecular formula is C47H56O5. The van der Waals surface area contributed by atoms with Crippen LogP contribution < -0.4 is 0 Å². The number of ether oxygens (including phenoxy) is 1. The minimum atomic E-state index is -0.798. The van der Waals surface area contributed by atoms with E-state index in [4.69, 9.17) is 4.74 Å². The van der Waals surface area contributed by atoms with E-state index in [0.717, 1.165) is 27.9 Å². The normalized spacial score (nSPS) is 23.7. The molecule has 52 heavy (non-hydrogen) atoms. The largest absolute Gasteiger partial charge is 0.450 e. The van der Waals surface area contributed by atoms with Gasteiger partial charge in [0.25, 0.3) is 0 Å². The molecule has 0 radical (unpaired) electrons. The first-order valence-electron chi connectivity index (χ1n) is 18.1. The molecule has 0 N–H and O–H groups in total. The van der Waals surface area contributed by atoms with Gasteiger partial charge in [-0.2, -0.15) is 0 Å². The molecule has 274 valence electrons. The number of hydrogen-bond donors (Lipinski definition) is 0. The molecule has 3 unspecified atom stereocenters. The molecule has 5 nitrogen and oxygen atoms in total. The van der Waals surface area contributed by atoms with Gasteiger partial charge in [-0.25, -0.2) is 4.79 Å². The molecule has 0 spiro atoms. The predicted octanol–water partition coefficient (Wildman–Crippen LogP) is 10.9. The quantitative estimate of drug-likeness (QED) is 0.123. The monoisotopic (exact) mass is 700 g/mol. The van der Waals surface area contributed by atoms with Gasteiger partial charge in [-0.15, -0.1) is 0 Å². The van der Waals surface area contributed by atoms with E-state index in [0.29, 0.717) is 24.0 Å². The van der Waals surface area contributed by atoms with Gasteiger partial charge in [0.05, 0.1) is 5.56 Å². The lowest BCUT2D eigenvalue weighted by Crippen LogP contribution is -2.43. The summed E-state index contributed by atoms with van der Waals surface area (Å²) in [4.78, 5) is 50.0. The van der Waals surface area contributed by atoms with Crippen LogP contribution in [0.2, 0.25) is 0 Å². The van der Waals surface area contributed by atoms with Crippen molar-refractivity contribution >= 4 is 23.3 Å². The van der Waals surface area contributed by atoms with Crippen LogP contribution in [0.3, 0.4) is 0 Å². The Balaban J connectivity index is 1.54. The third kappa shape index (κ3) is 11.8. The zero-order valence-corrected chi connectivity index (χ0v) is 32.7. The zero-order valence-electron chi connectivity index (χ0n) is 32.7. The summed E-state index contributed by atoms with van der Waals surface area (Å²) >= 11 is 0. The van der Waals surface area contributed by atoms with E-state index in [1.165, 1.54) is 0 Å². The maximum Gasteiger partial charge on any atom is 0.338 e. The van der Waals surface area contributed by atoms with Crippen LogP contribution in [-0.4, -0.2) is 29.4 Å². The number of Topliss-reactive ketones (excluding diaryl/α,β-unsaturated/α-hetero) is 3. The summed E-state index contributed by atoms with van der Waals surface area (Å²) in [5, 5.41) is 0. The van der Waals surface area contributed by atoms with Crippen LogP contribution in [0.1, 0.15) is 92.4 Å². The van der Waals surface area contributed by atoms with Crippen LogP contribution in [0.25, 0.3) is 0 Å². The highest BCUT2D eigenvalue weighted by Crippen LogP contribution is 2.42. The molecular weight excluding hydrogens is 645 g/mol. The van der Waals surface area contributed by atoms with Gasteiger partial charge >= 0.3 is 5.97 Å². The Hall–Kier alpha value is -4.90. The summed E-state index contributed by atoms with van der Waals surface area (Å²) in [6, 6.07) is 8.76. The van der Waals surface area contributed by atoms with E-state index in [9.17, 15) is 19.2 Å². The number of carbonyl (C=O) groups is 4. The molecule has 1 saturated carbocycles. The molecule has 3 rings (SSSR count). The van der Waals surface area contributed by atoms with Gasteiger partial charge in [0.1, 0.15) is 0 Å². The Labute approximate surface area is 311 Å². The van der Waals surface area contributed by atoms with Crippen molar-refractivity contribution in [1.82, 2.24) is 0 Å². The second-order valence-corrected chi connectivity index (χ2v) is 15.5. The number of ketones is 3. The SMILES string of the molecule is CC(C=CC1C(C)C(=O)C(=O)CC1(C)C)=C/C=C/C(C)=C/C=C/C=C(C)/C=C/C=C(\C)C=CC1=C(C)C(=O)C(OC(=O)c2ccccc2)CC1(C)C. The second-order valence-electron chi connectivity index (χ2n) is 15.5. The van der Waals surface area contributed by atoms with Gasteiger partial charge in [-0.3, -0.25) is 14.4 Å². The van der Waals surface area contributed by atoms with Crippen molar-refractivity contribution in [2.24, 2.45) is 22.7 Å². The molecule has 2 aliphatic carbocycles. The average Bonchev–Trinajstić information content (AvgIpc) is 3.07. The van der Waals surface area contributed by atoms with Gasteiger partial charge in [-0.05, 0) is 74.6 Å². The zero-order chi connectivity index (χ0) is 38.6. The van der Waals surface area contributed by atoms with E-state index in [1.54, 1.807) is 24.3 Å². The van der Waals surface area contributed by atoms with Gasteiger partial charge in [0.15, 0.2) is 17.7 Å². The number of rotatable bonds is 12. The Morgan fingerprint density at radius 3 is 1.83 bits per heavy atom. The molecule has 0 bridgehead atoms. The molecule has 0 saturated heterocycles. The minimum absolute atomic E-state index is 0.0330. The highest BCUT2D eigenvalue weighted by atomic mass is 16.5. The molecule has 5 heteroatoms. The highest BCUT2D eigenvalue weighted by Gasteiger charge is 2.44. The Morgan fingerprint density at radius 2 is 1.25 bits per heavy atom. The average molecular weight is 701 g/mol. The molecule has 0 heterocycles. The number of hydrogen-bond acceptors (Lipinski definition) is 5. The second kappa shape index (κ2) is 18.5. The molecule has 1 aromatic rings. The number of esters is 1. The molecule has 3 atom stereocenters. The predicted molar refractivity (Wildman–Crippen MR) is 214 cm³/mol. The van der Waals surface area contributed by atoms with Crippen LogP contribution in [0, 0.1) is 22.7 Å². The Bertz CT molecular complexity index is 1830. The number of benzene rings is 1. The molecule has 1 aromatic carbocycles. The van der Waals surface area contributed by atoms with E-state index in [2.05, 4.69) is 52.0 Å². The van der Waals surface area contributed by atoms with E-state index in [-0.39, 0.29) is 40.0 Å². The fraction of sp³-hybridized carbons (Fsp3) is 0.362. The fourth-order valence-corrected chi connectivity index (χ4v) is 6.72. The van der Waals surface area contributed by atoms with Gasteiger partial charge in [0, 0.05) is 18.8 Å². The van der Waals surface area contributed by atoms with Gasteiger partial charge in [0.2, 0.25) is 5.78 Å². The summed E-state index contributed by atoms with van der Waals surface area (Å²) in [7, 11) is 0. The summed E-state index contributed by atoms with van der Waals surface area (Å²) in [5.74, 6) is -1.40. The fourth-order valence-electron chi connectivity index (χ4n) is 6.72. The summed E-state index contributed by atoms with van der Waals surface area (Å²) in [6.07, 6.45) is 28.4. The lowest BCUT2D eigenvalue weighted by Gasteiger charge is -2.39. The number of allylic oxidation sites excluding steroid dienone is 19. The topological polar surface area (TPSA) is 77.5 Å². The van der Waals surface area contributed by atoms with Gasteiger partial charge in [-0.1, -0.05) is 160 Å². The minimum Gasteiger partial charge on any atom is -0.450 e. The van der Waals surface area contributed by atoms with Crippen molar-refractivity contribution in [2.75, 3.05) is 0 Å². The first-order chi connectivity index (χ1) is 24.4. The van der Waals surface area contributed by atoms with Gasteiger partial charge < -0.3 is 4.74 Å². The lowest BCUT2D eigenvalue weighted by atomic mass is 9.63. The van der Waals surface area contributed by atoms with Crippen molar-refractivity contribution in [1.29, 1.82) is 0 Å². The maximum absolute atomic E-state index is 13.2. The highest BCUT2D eigenvalue weighted by molar-refractivity contribution is 6.38. The summed E-state index contributed by atoms with van der Waals surface area (Å²) < 4.78 is 5.65. The first-order valence-corrected chi connectivity index (χ1v) is 18.1. The van der Waals surface area contributed by atoms with Crippen LogP contribution in [0.5, 0.6) is 0 Å². The van der Waals surface area contributed by atoms with Crippen molar-refractivity contribution in [2.45, 2.75) is 88.2 Å². The van der Waals surface area contributed by atoms with Crippen molar-refractivity contribution in [3.63, 3.8) is 0 Å². The lowest BCUT2D eigenvalue weighted by molar-refractivity contribution is -0.145. The first kappa shape index (κ1) is 41.5. The molecule has 0 amide bonds.